The van der Waals surface area contributed by atoms with E-state index in [-0.39, 0.29) is 12.1 Å². The molecule has 112 valence electrons. The molecule has 1 aliphatic rings. The summed E-state index contributed by atoms with van der Waals surface area (Å²) < 4.78 is 7.64. The van der Waals surface area contributed by atoms with Gasteiger partial charge in [-0.05, 0) is 47.5 Å². The van der Waals surface area contributed by atoms with Crippen LogP contribution in [0.3, 0.4) is 0 Å². The van der Waals surface area contributed by atoms with Crippen molar-refractivity contribution in [1.29, 1.82) is 0 Å². The molecule has 1 aromatic heterocycles. The van der Waals surface area contributed by atoms with Crippen LogP contribution in [0.2, 0.25) is 0 Å². The number of rotatable bonds is 2. The third-order valence-electron chi connectivity index (χ3n) is 3.47. The fourth-order valence-corrected chi connectivity index (χ4v) is 2.62. The maximum atomic E-state index is 12.3. The van der Waals surface area contributed by atoms with Gasteiger partial charge in [0.15, 0.2) is 0 Å². The van der Waals surface area contributed by atoms with E-state index in [1.165, 1.54) is 0 Å². The Hall–Kier alpha value is -1.52. The van der Waals surface area contributed by atoms with Gasteiger partial charge in [0.1, 0.15) is 5.60 Å². The SMILES string of the molecule is CC(C)n1cncc1C1CCCN1C(=O)OC(C)(C)C. The minimum atomic E-state index is -0.456. The van der Waals surface area contributed by atoms with Gasteiger partial charge in [0.25, 0.3) is 0 Å². The van der Waals surface area contributed by atoms with Crippen LogP contribution in [-0.4, -0.2) is 32.7 Å². The molecular weight excluding hydrogens is 254 g/mol. The van der Waals surface area contributed by atoms with E-state index in [4.69, 9.17) is 4.74 Å². The minimum absolute atomic E-state index is 0.0785. The summed E-state index contributed by atoms with van der Waals surface area (Å²) in [6.45, 7) is 10.7. The Labute approximate surface area is 120 Å². The molecule has 5 heteroatoms. The van der Waals surface area contributed by atoms with Crippen LogP contribution in [0, 0.1) is 0 Å². The Morgan fingerprint density at radius 1 is 1.45 bits per heavy atom. The summed E-state index contributed by atoms with van der Waals surface area (Å²) in [5, 5.41) is 0. The number of ether oxygens (including phenoxy) is 1. The number of aromatic nitrogens is 2. The molecule has 0 radical (unpaired) electrons. The third kappa shape index (κ3) is 3.14. The first kappa shape index (κ1) is 14.9. The zero-order valence-corrected chi connectivity index (χ0v) is 13.1. The summed E-state index contributed by atoms with van der Waals surface area (Å²) in [7, 11) is 0. The molecule has 20 heavy (non-hydrogen) atoms. The van der Waals surface area contributed by atoms with Crippen molar-refractivity contribution < 1.29 is 9.53 Å². The second-order valence-electron chi connectivity index (χ2n) is 6.65. The maximum Gasteiger partial charge on any atom is 0.410 e. The van der Waals surface area contributed by atoms with Crippen molar-refractivity contribution in [3.05, 3.63) is 18.2 Å². The first-order chi connectivity index (χ1) is 9.29. The van der Waals surface area contributed by atoms with Gasteiger partial charge >= 0.3 is 6.09 Å². The van der Waals surface area contributed by atoms with E-state index in [0.29, 0.717) is 6.04 Å². The lowest BCUT2D eigenvalue weighted by Gasteiger charge is -2.29. The molecular formula is C15H25N3O2. The highest BCUT2D eigenvalue weighted by molar-refractivity contribution is 5.69. The number of nitrogens with zero attached hydrogens (tertiary/aromatic N) is 3. The first-order valence-electron chi connectivity index (χ1n) is 7.31. The highest BCUT2D eigenvalue weighted by Crippen LogP contribution is 2.33. The van der Waals surface area contributed by atoms with Crippen molar-refractivity contribution in [3.8, 4) is 0 Å². The predicted molar refractivity (Wildman–Crippen MR) is 77.5 cm³/mol. The molecule has 1 atom stereocenters. The number of amides is 1. The summed E-state index contributed by atoms with van der Waals surface area (Å²) in [6, 6.07) is 0.420. The molecule has 0 spiro atoms. The number of likely N-dealkylation sites (tertiary alicyclic amines) is 1. The minimum Gasteiger partial charge on any atom is -0.444 e. The molecule has 0 saturated carbocycles. The number of hydrogen-bond acceptors (Lipinski definition) is 3. The smallest absolute Gasteiger partial charge is 0.410 e. The second kappa shape index (κ2) is 5.46. The molecule has 1 saturated heterocycles. The van der Waals surface area contributed by atoms with Crippen molar-refractivity contribution in [1.82, 2.24) is 14.5 Å². The van der Waals surface area contributed by atoms with Gasteiger partial charge in [0.2, 0.25) is 0 Å². The Morgan fingerprint density at radius 3 is 2.75 bits per heavy atom. The van der Waals surface area contributed by atoms with Gasteiger partial charge in [-0.25, -0.2) is 9.78 Å². The number of hydrogen-bond donors (Lipinski definition) is 0. The monoisotopic (exact) mass is 279 g/mol. The van der Waals surface area contributed by atoms with Crippen molar-refractivity contribution in [3.63, 3.8) is 0 Å². The predicted octanol–water partition coefficient (Wildman–Crippen LogP) is 3.54. The fourth-order valence-electron chi connectivity index (χ4n) is 2.62. The molecule has 1 aliphatic heterocycles. The molecule has 2 rings (SSSR count). The summed E-state index contributed by atoms with van der Waals surface area (Å²) in [5.41, 5.74) is 0.644. The van der Waals surface area contributed by atoms with Crippen molar-refractivity contribution in [2.75, 3.05) is 6.54 Å². The number of imidazole rings is 1. The third-order valence-corrected chi connectivity index (χ3v) is 3.47. The van der Waals surface area contributed by atoms with Crippen molar-refractivity contribution in [2.24, 2.45) is 0 Å². The Bertz CT molecular complexity index is 474. The molecule has 1 fully saturated rings. The van der Waals surface area contributed by atoms with Crippen molar-refractivity contribution in [2.45, 2.75) is 65.1 Å². The lowest BCUT2D eigenvalue weighted by Crippen LogP contribution is -2.37. The first-order valence-corrected chi connectivity index (χ1v) is 7.31. The van der Waals surface area contributed by atoms with Crippen LogP contribution in [0.4, 0.5) is 4.79 Å². The topological polar surface area (TPSA) is 47.4 Å². The molecule has 5 nitrogen and oxygen atoms in total. The van der Waals surface area contributed by atoms with Crippen LogP contribution >= 0.6 is 0 Å². The van der Waals surface area contributed by atoms with Crippen LogP contribution in [0.25, 0.3) is 0 Å². The molecule has 2 heterocycles. The molecule has 1 aromatic rings. The largest absolute Gasteiger partial charge is 0.444 e. The van der Waals surface area contributed by atoms with Crippen LogP contribution in [-0.2, 0) is 4.74 Å². The molecule has 0 aliphatic carbocycles. The lowest BCUT2D eigenvalue weighted by molar-refractivity contribution is 0.0218. The summed E-state index contributed by atoms with van der Waals surface area (Å²) in [6.07, 6.45) is 5.46. The highest BCUT2D eigenvalue weighted by atomic mass is 16.6. The second-order valence-corrected chi connectivity index (χ2v) is 6.65. The van der Waals surface area contributed by atoms with E-state index in [9.17, 15) is 4.79 Å². The lowest BCUT2D eigenvalue weighted by atomic mass is 10.1. The molecule has 0 aromatic carbocycles. The fraction of sp³-hybridized carbons (Fsp3) is 0.733. The van der Waals surface area contributed by atoms with E-state index >= 15 is 0 Å². The van der Waals surface area contributed by atoms with Gasteiger partial charge in [-0.15, -0.1) is 0 Å². The van der Waals surface area contributed by atoms with E-state index in [2.05, 4.69) is 23.4 Å². The number of carbonyl (C=O) groups is 1. The van der Waals surface area contributed by atoms with E-state index in [0.717, 1.165) is 25.1 Å². The van der Waals surface area contributed by atoms with Gasteiger partial charge in [-0.2, -0.15) is 0 Å². The van der Waals surface area contributed by atoms with Gasteiger partial charge in [-0.1, -0.05) is 0 Å². The molecule has 1 amide bonds. The van der Waals surface area contributed by atoms with Crippen molar-refractivity contribution >= 4 is 6.09 Å². The Morgan fingerprint density at radius 2 is 2.15 bits per heavy atom. The molecule has 1 unspecified atom stereocenters. The Balaban J connectivity index is 2.19. The van der Waals surface area contributed by atoms with Crippen LogP contribution in [0.1, 0.15) is 65.2 Å². The van der Waals surface area contributed by atoms with Crippen LogP contribution in [0.5, 0.6) is 0 Å². The quantitative estimate of drug-likeness (QED) is 0.832. The van der Waals surface area contributed by atoms with Crippen LogP contribution < -0.4 is 0 Å². The summed E-state index contributed by atoms with van der Waals surface area (Å²) in [5.74, 6) is 0. The van der Waals surface area contributed by atoms with E-state index in [1.54, 1.807) is 0 Å². The summed E-state index contributed by atoms with van der Waals surface area (Å²) in [4.78, 5) is 18.4. The van der Waals surface area contributed by atoms with Gasteiger partial charge in [0.05, 0.1) is 24.3 Å². The number of carbonyl (C=O) groups excluding carboxylic acids is 1. The Kier molecular flexibility index (Phi) is 4.06. The van der Waals surface area contributed by atoms with E-state index < -0.39 is 5.60 Å². The van der Waals surface area contributed by atoms with Crippen LogP contribution in [0.15, 0.2) is 12.5 Å². The van der Waals surface area contributed by atoms with Gasteiger partial charge < -0.3 is 9.30 Å². The average molecular weight is 279 g/mol. The van der Waals surface area contributed by atoms with Gasteiger partial charge in [0, 0.05) is 12.6 Å². The zero-order valence-electron chi connectivity index (χ0n) is 13.1. The van der Waals surface area contributed by atoms with Gasteiger partial charge in [-0.3, -0.25) is 4.90 Å². The zero-order chi connectivity index (χ0) is 14.9. The molecule has 0 bridgehead atoms. The summed E-state index contributed by atoms with van der Waals surface area (Å²) >= 11 is 0. The highest BCUT2D eigenvalue weighted by Gasteiger charge is 2.34. The maximum absolute atomic E-state index is 12.3. The average Bonchev–Trinajstić information content (AvgIpc) is 2.95. The van der Waals surface area contributed by atoms with E-state index in [1.807, 2.05) is 38.2 Å². The normalized spacial score (nSPS) is 19.7. The standard InChI is InChI=1S/C15H25N3O2/c1-11(2)18-10-16-9-13(18)12-7-6-8-17(12)14(19)20-15(3,4)5/h9-12H,6-8H2,1-5H3. The molecule has 0 N–H and O–H groups in total.